The predicted octanol–water partition coefficient (Wildman–Crippen LogP) is 13.6. The van der Waals surface area contributed by atoms with Gasteiger partial charge in [0.2, 0.25) is 0 Å². The number of nitrogens with zero attached hydrogens (tertiary/aromatic N) is 4. The zero-order chi connectivity index (χ0) is 37.5. The van der Waals surface area contributed by atoms with E-state index < -0.39 is 0 Å². The van der Waals surface area contributed by atoms with Gasteiger partial charge in [-0.2, -0.15) is 0 Å². The molecule has 0 amide bonds. The molecule has 0 bridgehead atoms. The van der Waals surface area contributed by atoms with E-state index in [1.165, 1.54) is 21.5 Å². The molecule has 0 fully saturated rings. The summed E-state index contributed by atoms with van der Waals surface area (Å²) in [6, 6.07) is 66.8. The van der Waals surface area contributed by atoms with Crippen molar-refractivity contribution in [3.63, 3.8) is 0 Å². The third-order valence-corrected chi connectivity index (χ3v) is 11.4. The third kappa shape index (κ3) is 4.96. The number of furan rings is 1. The first-order valence-corrected chi connectivity index (χ1v) is 19.2. The van der Waals surface area contributed by atoms with Crippen molar-refractivity contribution in [3.8, 4) is 45.0 Å². The molecule has 7 aromatic carbocycles. The molecule has 0 aliphatic rings. The standard InChI is InChI=1S/C52H32N4O/c1-3-12-33(13-4-1)37-29-44(34-14-5-2-6-15-34)54-51(31-37)56-46-19-10-8-17-40(46)42-28-35(22-25-47(42)56)36-21-24-41-39-16-7-9-18-45(39)55(48(41)30-36)38-23-26-49-43(32-38)52-50(57-49)20-11-27-53-52/h1-32H. The molecule has 0 saturated heterocycles. The summed E-state index contributed by atoms with van der Waals surface area (Å²) >= 11 is 0. The first-order chi connectivity index (χ1) is 28.2. The minimum absolute atomic E-state index is 0.794. The van der Waals surface area contributed by atoms with Crippen LogP contribution in [0.15, 0.2) is 199 Å². The molecule has 5 nitrogen and oxygen atoms in total. The molecule has 57 heavy (non-hydrogen) atoms. The van der Waals surface area contributed by atoms with Gasteiger partial charge < -0.3 is 8.98 Å². The summed E-state index contributed by atoms with van der Waals surface area (Å²) in [5.41, 5.74) is 14.7. The summed E-state index contributed by atoms with van der Waals surface area (Å²) in [4.78, 5) is 9.99. The average molecular weight is 729 g/mol. The maximum Gasteiger partial charge on any atom is 0.153 e. The van der Waals surface area contributed by atoms with Crippen molar-refractivity contribution in [2.45, 2.75) is 0 Å². The van der Waals surface area contributed by atoms with Gasteiger partial charge >= 0.3 is 0 Å². The zero-order valence-electron chi connectivity index (χ0n) is 30.7. The second kappa shape index (κ2) is 12.4. The highest BCUT2D eigenvalue weighted by Crippen LogP contribution is 2.40. The molecular formula is C52H32N4O. The number of fused-ring (bicyclic) bond motifs is 9. The SMILES string of the molecule is c1ccc(-c2cc(-c3ccccc3)nc(-n3c4ccccc4c4cc(-c5ccc6c7ccccc7n(-c7ccc8oc9cccnc9c8c7)c6c5)ccc43)c2)cc1. The highest BCUT2D eigenvalue weighted by molar-refractivity contribution is 6.13. The number of pyridine rings is 2. The van der Waals surface area contributed by atoms with E-state index in [0.29, 0.717) is 0 Å². The summed E-state index contributed by atoms with van der Waals surface area (Å²) in [6.45, 7) is 0. The van der Waals surface area contributed by atoms with Gasteiger partial charge in [-0.15, -0.1) is 0 Å². The van der Waals surface area contributed by atoms with Gasteiger partial charge in [-0.1, -0.05) is 115 Å². The summed E-state index contributed by atoms with van der Waals surface area (Å²) < 4.78 is 10.8. The second-order valence-corrected chi connectivity index (χ2v) is 14.6. The Bertz CT molecular complexity index is 3460. The molecule has 0 aliphatic heterocycles. The maximum atomic E-state index is 6.15. The first kappa shape index (κ1) is 31.6. The monoisotopic (exact) mass is 728 g/mol. The Morgan fingerprint density at radius 1 is 0.368 bits per heavy atom. The van der Waals surface area contributed by atoms with Gasteiger partial charge in [-0.05, 0) is 95.1 Å². The Balaban J connectivity index is 1.05. The molecular weight excluding hydrogens is 697 g/mol. The molecule has 0 saturated carbocycles. The smallest absolute Gasteiger partial charge is 0.153 e. The number of aromatic nitrogens is 4. The Kier molecular flexibility index (Phi) is 6.86. The topological polar surface area (TPSA) is 48.8 Å². The highest BCUT2D eigenvalue weighted by atomic mass is 16.3. The average Bonchev–Trinajstić information content (AvgIpc) is 3.94. The minimum atomic E-state index is 0.794. The summed E-state index contributed by atoms with van der Waals surface area (Å²) in [6.07, 6.45) is 1.82. The van der Waals surface area contributed by atoms with E-state index in [4.69, 9.17) is 9.40 Å². The van der Waals surface area contributed by atoms with Gasteiger partial charge in [0.15, 0.2) is 5.58 Å². The molecule has 266 valence electrons. The second-order valence-electron chi connectivity index (χ2n) is 14.6. The molecule has 0 N–H and O–H groups in total. The predicted molar refractivity (Wildman–Crippen MR) is 234 cm³/mol. The lowest BCUT2D eigenvalue weighted by Crippen LogP contribution is -2.00. The zero-order valence-corrected chi connectivity index (χ0v) is 30.7. The van der Waals surface area contributed by atoms with Crippen LogP contribution in [0.4, 0.5) is 0 Å². The Morgan fingerprint density at radius 3 is 1.86 bits per heavy atom. The largest absolute Gasteiger partial charge is 0.454 e. The van der Waals surface area contributed by atoms with Gasteiger partial charge in [0.25, 0.3) is 0 Å². The van der Waals surface area contributed by atoms with E-state index in [0.717, 1.165) is 89.2 Å². The van der Waals surface area contributed by atoms with E-state index in [-0.39, 0.29) is 0 Å². The molecule has 0 atom stereocenters. The van der Waals surface area contributed by atoms with Crippen LogP contribution in [0, 0.1) is 0 Å². The maximum absolute atomic E-state index is 6.15. The molecule has 0 radical (unpaired) electrons. The van der Waals surface area contributed by atoms with Crippen LogP contribution < -0.4 is 0 Å². The van der Waals surface area contributed by atoms with E-state index in [9.17, 15) is 0 Å². The number of para-hydroxylation sites is 2. The Hall–Kier alpha value is -7.76. The number of rotatable bonds is 5. The lowest BCUT2D eigenvalue weighted by atomic mass is 10.0. The third-order valence-electron chi connectivity index (χ3n) is 11.4. The van der Waals surface area contributed by atoms with Crippen molar-refractivity contribution in [1.82, 2.24) is 19.1 Å². The number of hydrogen-bond donors (Lipinski definition) is 0. The summed E-state index contributed by atoms with van der Waals surface area (Å²) in [5, 5.41) is 5.80. The fourth-order valence-corrected chi connectivity index (χ4v) is 8.74. The van der Waals surface area contributed by atoms with E-state index in [1.807, 2.05) is 24.4 Å². The van der Waals surface area contributed by atoms with Crippen LogP contribution in [0.2, 0.25) is 0 Å². The molecule has 12 aromatic rings. The van der Waals surface area contributed by atoms with Crippen LogP contribution in [0.3, 0.4) is 0 Å². The van der Waals surface area contributed by atoms with Crippen LogP contribution in [0.25, 0.3) is 111 Å². The lowest BCUT2D eigenvalue weighted by molar-refractivity contribution is 0.668. The fraction of sp³-hybridized carbons (Fsp3) is 0. The molecule has 5 heteroatoms. The van der Waals surface area contributed by atoms with Crippen molar-refractivity contribution in [1.29, 1.82) is 0 Å². The lowest BCUT2D eigenvalue weighted by Gasteiger charge is -2.13. The van der Waals surface area contributed by atoms with Crippen LogP contribution in [-0.4, -0.2) is 19.1 Å². The van der Waals surface area contributed by atoms with Gasteiger partial charge in [0, 0.05) is 44.4 Å². The van der Waals surface area contributed by atoms with Crippen molar-refractivity contribution in [2.24, 2.45) is 0 Å². The quantitative estimate of drug-likeness (QED) is 0.177. The Morgan fingerprint density at radius 2 is 1.04 bits per heavy atom. The van der Waals surface area contributed by atoms with Crippen LogP contribution in [0.1, 0.15) is 0 Å². The van der Waals surface area contributed by atoms with Gasteiger partial charge in [0.1, 0.15) is 16.9 Å². The molecule has 12 rings (SSSR count). The molecule has 0 unspecified atom stereocenters. The number of benzene rings is 7. The summed E-state index contributed by atoms with van der Waals surface area (Å²) in [7, 11) is 0. The van der Waals surface area contributed by atoms with Crippen LogP contribution in [0.5, 0.6) is 0 Å². The van der Waals surface area contributed by atoms with E-state index in [2.05, 4.69) is 184 Å². The number of hydrogen-bond acceptors (Lipinski definition) is 3. The van der Waals surface area contributed by atoms with Crippen molar-refractivity contribution in [2.75, 3.05) is 0 Å². The van der Waals surface area contributed by atoms with Crippen molar-refractivity contribution in [3.05, 3.63) is 194 Å². The van der Waals surface area contributed by atoms with Crippen LogP contribution >= 0.6 is 0 Å². The van der Waals surface area contributed by atoms with Gasteiger partial charge in [-0.3, -0.25) is 9.55 Å². The minimum Gasteiger partial charge on any atom is -0.454 e. The normalized spacial score (nSPS) is 11.9. The van der Waals surface area contributed by atoms with E-state index in [1.54, 1.807) is 0 Å². The highest BCUT2D eigenvalue weighted by Gasteiger charge is 2.19. The van der Waals surface area contributed by atoms with Gasteiger partial charge in [-0.25, -0.2) is 4.98 Å². The molecule has 5 aromatic heterocycles. The summed E-state index contributed by atoms with van der Waals surface area (Å²) in [5.74, 6) is 0.887. The van der Waals surface area contributed by atoms with Crippen molar-refractivity contribution < 1.29 is 4.42 Å². The van der Waals surface area contributed by atoms with Crippen LogP contribution in [-0.2, 0) is 0 Å². The fourth-order valence-electron chi connectivity index (χ4n) is 8.74. The van der Waals surface area contributed by atoms with E-state index >= 15 is 0 Å². The molecule has 0 spiro atoms. The van der Waals surface area contributed by atoms with Gasteiger partial charge in [0.05, 0.1) is 27.8 Å². The first-order valence-electron chi connectivity index (χ1n) is 19.2. The Labute approximate surface area is 327 Å². The molecule has 0 aliphatic carbocycles. The molecule has 5 heterocycles. The van der Waals surface area contributed by atoms with Crippen molar-refractivity contribution >= 4 is 65.7 Å².